The molecule has 0 amide bonds. The smallest absolute Gasteiger partial charge is 0.135 e. The summed E-state index contributed by atoms with van der Waals surface area (Å²) < 4.78 is 13.3. The molecule has 1 aromatic carbocycles. The second-order valence-corrected chi connectivity index (χ2v) is 6.01. The SMILES string of the molecule is CCc1csc(C2=C(O)CN(Cc3cccc(F)c3)C2=N)n1. The van der Waals surface area contributed by atoms with Crippen LogP contribution >= 0.6 is 11.3 Å². The Labute approximate surface area is 132 Å². The molecule has 0 saturated heterocycles. The number of aryl methyl sites for hydroxylation is 1. The Morgan fingerprint density at radius 1 is 1.45 bits per heavy atom. The predicted molar refractivity (Wildman–Crippen MR) is 85.6 cm³/mol. The molecule has 0 unspecified atom stereocenters. The third-order valence-corrected chi connectivity index (χ3v) is 4.48. The van der Waals surface area contributed by atoms with Crippen LogP contribution in [0.5, 0.6) is 0 Å². The van der Waals surface area contributed by atoms with Crippen LogP contribution < -0.4 is 0 Å². The van der Waals surface area contributed by atoms with Crippen LogP contribution in [0.3, 0.4) is 0 Å². The van der Waals surface area contributed by atoms with Gasteiger partial charge in [-0.2, -0.15) is 0 Å². The van der Waals surface area contributed by atoms with Crippen LogP contribution in [0, 0.1) is 11.2 Å². The number of aromatic nitrogens is 1. The summed E-state index contributed by atoms with van der Waals surface area (Å²) in [7, 11) is 0. The fourth-order valence-electron chi connectivity index (χ4n) is 2.43. The Morgan fingerprint density at radius 3 is 2.95 bits per heavy atom. The molecule has 4 nitrogen and oxygen atoms in total. The Hall–Kier alpha value is -2.21. The van der Waals surface area contributed by atoms with Crippen molar-refractivity contribution in [1.29, 1.82) is 5.41 Å². The van der Waals surface area contributed by atoms with Gasteiger partial charge in [0.2, 0.25) is 0 Å². The summed E-state index contributed by atoms with van der Waals surface area (Å²) in [6.07, 6.45) is 0.824. The molecule has 3 rings (SSSR count). The number of halogens is 1. The van der Waals surface area contributed by atoms with Gasteiger partial charge in [0.25, 0.3) is 0 Å². The second kappa shape index (κ2) is 5.88. The van der Waals surface area contributed by atoms with E-state index in [9.17, 15) is 9.50 Å². The minimum absolute atomic E-state index is 0.151. The van der Waals surface area contributed by atoms with Crippen molar-refractivity contribution >= 4 is 22.7 Å². The maximum atomic E-state index is 13.3. The van der Waals surface area contributed by atoms with Crippen LogP contribution in [-0.4, -0.2) is 27.4 Å². The van der Waals surface area contributed by atoms with Crippen molar-refractivity contribution < 1.29 is 9.50 Å². The average Bonchev–Trinajstić information content (AvgIpc) is 3.04. The number of amidine groups is 1. The first kappa shape index (κ1) is 14.7. The van der Waals surface area contributed by atoms with E-state index in [1.54, 1.807) is 11.0 Å². The number of benzene rings is 1. The molecule has 114 valence electrons. The van der Waals surface area contributed by atoms with Gasteiger partial charge < -0.3 is 10.0 Å². The van der Waals surface area contributed by atoms with Crippen molar-refractivity contribution in [3.05, 3.63) is 57.5 Å². The van der Waals surface area contributed by atoms with E-state index in [1.165, 1.54) is 23.5 Å². The molecule has 0 fully saturated rings. The lowest BCUT2D eigenvalue weighted by Gasteiger charge is -2.18. The Bertz CT molecular complexity index is 753. The number of nitrogens with one attached hydrogen (secondary N) is 1. The highest BCUT2D eigenvalue weighted by Gasteiger charge is 2.30. The fraction of sp³-hybridized carbons (Fsp3) is 0.250. The zero-order chi connectivity index (χ0) is 15.7. The highest BCUT2D eigenvalue weighted by Crippen LogP contribution is 2.30. The molecule has 0 saturated carbocycles. The molecule has 1 aliphatic rings. The molecule has 1 aromatic heterocycles. The highest BCUT2D eigenvalue weighted by molar-refractivity contribution is 7.11. The number of aliphatic hydroxyl groups is 1. The monoisotopic (exact) mass is 317 g/mol. The van der Waals surface area contributed by atoms with E-state index >= 15 is 0 Å². The molecule has 2 aromatic rings. The van der Waals surface area contributed by atoms with Gasteiger partial charge in [-0.15, -0.1) is 11.3 Å². The van der Waals surface area contributed by atoms with Crippen LogP contribution in [0.15, 0.2) is 35.4 Å². The predicted octanol–water partition coefficient (Wildman–Crippen LogP) is 3.61. The largest absolute Gasteiger partial charge is 0.510 e. The van der Waals surface area contributed by atoms with Crippen LogP contribution in [0.2, 0.25) is 0 Å². The van der Waals surface area contributed by atoms with Gasteiger partial charge in [0.05, 0.1) is 17.8 Å². The highest BCUT2D eigenvalue weighted by atomic mass is 32.1. The van der Waals surface area contributed by atoms with Gasteiger partial charge in [0.15, 0.2) is 0 Å². The van der Waals surface area contributed by atoms with E-state index in [0.717, 1.165) is 17.7 Å². The number of rotatable bonds is 4. The third kappa shape index (κ3) is 2.74. The standard InChI is InChI=1S/C16H16FN3OS/c1-2-12-9-22-16(19-12)14-13(21)8-20(15(14)18)7-10-4-3-5-11(17)6-10/h3-6,9,18,21H,2,7-8H2,1H3. The molecule has 2 heterocycles. The van der Waals surface area contributed by atoms with Crippen molar-refractivity contribution in [2.24, 2.45) is 0 Å². The van der Waals surface area contributed by atoms with Gasteiger partial charge in [0.1, 0.15) is 22.4 Å². The molecule has 0 spiro atoms. The summed E-state index contributed by atoms with van der Waals surface area (Å²) in [5.74, 6) is 0.0883. The molecule has 6 heteroatoms. The van der Waals surface area contributed by atoms with Crippen LogP contribution in [-0.2, 0) is 13.0 Å². The topological polar surface area (TPSA) is 60.2 Å². The lowest BCUT2D eigenvalue weighted by molar-refractivity contribution is 0.346. The van der Waals surface area contributed by atoms with Crippen molar-refractivity contribution in [2.75, 3.05) is 6.54 Å². The minimum atomic E-state index is -0.298. The fourth-order valence-corrected chi connectivity index (χ4v) is 3.40. The maximum absolute atomic E-state index is 13.3. The summed E-state index contributed by atoms with van der Waals surface area (Å²) in [6, 6.07) is 6.29. The molecule has 22 heavy (non-hydrogen) atoms. The van der Waals surface area contributed by atoms with Crippen molar-refractivity contribution in [3.8, 4) is 0 Å². The number of thiazole rings is 1. The molecule has 2 N–H and O–H groups in total. The summed E-state index contributed by atoms with van der Waals surface area (Å²) in [6.45, 7) is 2.66. The van der Waals surface area contributed by atoms with Crippen LogP contribution in [0.1, 0.15) is 23.2 Å². The Morgan fingerprint density at radius 2 is 2.27 bits per heavy atom. The average molecular weight is 317 g/mol. The number of aliphatic hydroxyl groups excluding tert-OH is 1. The summed E-state index contributed by atoms with van der Waals surface area (Å²) in [4.78, 5) is 6.16. The molecule has 0 radical (unpaired) electrons. The molecule has 0 aliphatic carbocycles. The van der Waals surface area contributed by atoms with Crippen molar-refractivity contribution in [2.45, 2.75) is 19.9 Å². The summed E-state index contributed by atoms with van der Waals surface area (Å²) in [5.41, 5.74) is 2.21. The number of hydrogen-bond acceptors (Lipinski definition) is 4. The quantitative estimate of drug-likeness (QED) is 0.905. The molecular weight excluding hydrogens is 301 g/mol. The van der Waals surface area contributed by atoms with Gasteiger partial charge >= 0.3 is 0 Å². The van der Waals surface area contributed by atoms with Crippen LogP contribution in [0.25, 0.3) is 5.57 Å². The maximum Gasteiger partial charge on any atom is 0.135 e. The van der Waals surface area contributed by atoms with E-state index in [4.69, 9.17) is 5.41 Å². The summed E-state index contributed by atoms with van der Waals surface area (Å²) in [5, 5.41) is 21.1. The Kier molecular flexibility index (Phi) is 3.94. The molecule has 1 aliphatic heterocycles. The molecule has 0 bridgehead atoms. The number of hydrogen-bond donors (Lipinski definition) is 2. The minimum Gasteiger partial charge on any atom is -0.510 e. The first-order valence-corrected chi connectivity index (χ1v) is 7.91. The van der Waals surface area contributed by atoms with E-state index in [0.29, 0.717) is 17.1 Å². The van der Waals surface area contributed by atoms with Gasteiger partial charge in [-0.1, -0.05) is 19.1 Å². The molecular formula is C16H16FN3OS. The lowest BCUT2D eigenvalue weighted by Crippen LogP contribution is -2.26. The van der Waals surface area contributed by atoms with Gasteiger partial charge in [-0.05, 0) is 24.1 Å². The third-order valence-electron chi connectivity index (χ3n) is 3.57. The van der Waals surface area contributed by atoms with Gasteiger partial charge in [-0.25, -0.2) is 9.37 Å². The second-order valence-electron chi connectivity index (χ2n) is 5.15. The van der Waals surface area contributed by atoms with E-state index in [2.05, 4.69) is 4.98 Å². The van der Waals surface area contributed by atoms with Gasteiger partial charge in [0, 0.05) is 11.9 Å². The molecule has 0 atom stereocenters. The summed E-state index contributed by atoms with van der Waals surface area (Å²) >= 11 is 1.43. The van der Waals surface area contributed by atoms with Crippen molar-refractivity contribution in [3.63, 3.8) is 0 Å². The lowest BCUT2D eigenvalue weighted by atomic mass is 10.2. The van der Waals surface area contributed by atoms with Gasteiger partial charge in [-0.3, -0.25) is 5.41 Å². The Balaban J connectivity index is 1.80. The normalized spacial score (nSPS) is 15.0. The van der Waals surface area contributed by atoms with E-state index in [1.807, 2.05) is 18.4 Å². The first-order valence-electron chi connectivity index (χ1n) is 7.03. The van der Waals surface area contributed by atoms with Crippen molar-refractivity contribution in [1.82, 2.24) is 9.88 Å². The zero-order valence-electron chi connectivity index (χ0n) is 12.1. The van der Waals surface area contributed by atoms with Crippen LogP contribution in [0.4, 0.5) is 4.39 Å². The zero-order valence-corrected chi connectivity index (χ0v) is 13.0. The van der Waals surface area contributed by atoms with E-state index < -0.39 is 0 Å². The number of nitrogens with zero attached hydrogens (tertiary/aromatic N) is 2. The van der Waals surface area contributed by atoms with E-state index in [-0.39, 0.29) is 24.0 Å². The first-order chi connectivity index (χ1) is 10.6.